The Morgan fingerprint density at radius 1 is 1.07 bits per heavy atom. The number of hydrogen-bond acceptors (Lipinski definition) is 5. The fourth-order valence-electron chi connectivity index (χ4n) is 2.62. The molecule has 3 aromatic rings. The van der Waals surface area contributed by atoms with E-state index >= 15 is 0 Å². The molecule has 2 aromatic carbocycles. The molecule has 0 radical (unpaired) electrons. The van der Waals surface area contributed by atoms with Gasteiger partial charge in [0.15, 0.2) is 0 Å². The van der Waals surface area contributed by atoms with E-state index in [4.69, 9.17) is 16.3 Å². The fraction of sp³-hybridized carbons (Fsp3) is 0.190. The number of rotatable bonds is 6. The first kappa shape index (κ1) is 19.6. The van der Waals surface area contributed by atoms with Crippen molar-refractivity contribution in [2.75, 3.05) is 17.2 Å². The molecule has 0 fully saturated rings. The molecule has 2 N–H and O–H groups in total. The van der Waals surface area contributed by atoms with Crippen LogP contribution in [0.25, 0.3) is 0 Å². The minimum Gasteiger partial charge on any atom is -0.494 e. The molecule has 7 heteroatoms. The number of amides is 1. The maximum Gasteiger partial charge on any atom is 0.274 e. The van der Waals surface area contributed by atoms with Crippen molar-refractivity contribution in [3.05, 3.63) is 70.5 Å². The van der Waals surface area contributed by atoms with Crippen LogP contribution in [0.3, 0.4) is 0 Å². The van der Waals surface area contributed by atoms with Gasteiger partial charge in [-0.05, 0) is 74.9 Å². The van der Waals surface area contributed by atoms with E-state index in [1.807, 2.05) is 45.0 Å². The number of anilines is 3. The van der Waals surface area contributed by atoms with Gasteiger partial charge in [-0.1, -0.05) is 11.6 Å². The summed E-state index contributed by atoms with van der Waals surface area (Å²) in [5, 5.41) is 6.60. The van der Waals surface area contributed by atoms with Gasteiger partial charge >= 0.3 is 0 Å². The summed E-state index contributed by atoms with van der Waals surface area (Å²) < 4.78 is 5.43. The van der Waals surface area contributed by atoms with Crippen LogP contribution in [0.15, 0.2) is 48.5 Å². The lowest BCUT2D eigenvalue weighted by Crippen LogP contribution is -2.16. The van der Waals surface area contributed by atoms with Crippen LogP contribution in [0.1, 0.15) is 28.7 Å². The molecule has 0 saturated heterocycles. The summed E-state index contributed by atoms with van der Waals surface area (Å²) in [5.74, 6) is 0.824. The predicted molar refractivity (Wildman–Crippen MR) is 112 cm³/mol. The van der Waals surface area contributed by atoms with Crippen LogP contribution >= 0.6 is 11.6 Å². The molecule has 0 aliphatic heterocycles. The molecule has 1 aromatic heterocycles. The van der Waals surface area contributed by atoms with Crippen molar-refractivity contribution in [3.8, 4) is 5.75 Å². The van der Waals surface area contributed by atoms with Gasteiger partial charge in [-0.25, -0.2) is 9.97 Å². The molecular weight excluding hydrogens is 376 g/mol. The Bertz CT molecular complexity index is 990. The number of aromatic nitrogens is 2. The molecule has 0 atom stereocenters. The Morgan fingerprint density at radius 3 is 2.50 bits per heavy atom. The highest BCUT2D eigenvalue weighted by molar-refractivity contribution is 6.30. The topological polar surface area (TPSA) is 76.1 Å². The first-order valence-electron chi connectivity index (χ1n) is 8.87. The molecule has 0 aliphatic carbocycles. The highest BCUT2D eigenvalue weighted by Crippen LogP contribution is 2.21. The smallest absolute Gasteiger partial charge is 0.274 e. The van der Waals surface area contributed by atoms with Gasteiger partial charge in [0.05, 0.1) is 6.61 Å². The van der Waals surface area contributed by atoms with Crippen LogP contribution in [-0.4, -0.2) is 22.5 Å². The Hall–Kier alpha value is -3.12. The summed E-state index contributed by atoms with van der Waals surface area (Å²) in [6.07, 6.45) is 0. The number of nitrogens with zero attached hydrogens (tertiary/aromatic N) is 2. The van der Waals surface area contributed by atoms with E-state index in [-0.39, 0.29) is 11.6 Å². The van der Waals surface area contributed by atoms with Gasteiger partial charge in [-0.2, -0.15) is 0 Å². The molecule has 0 spiro atoms. The highest BCUT2D eigenvalue weighted by Gasteiger charge is 2.12. The van der Waals surface area contributed by atoms with Gasteiger partial charge in [0.25, 0.3) is 5.91 Å². The molecular formula is C21H21ClN4O2. The maximum absolute atomic E-state index is 12.6. The monoisotopic (exact) mass is 396 g/mol. The number of halogens is 1. The summed E-state index contributed by atoms with van der Waals surface area (Å²) >= 11 is 5.97. The van der Waals surface area contributed by atoms with Crippen LogP contribution < -0.4 is 15.4 Å². The lowest BCUT2D eigenvalue weighted by atomic mass is 10.2. The number of hydrogen-bond donors (Lipinski definition) is 2. The standard InChI is InChI=1S/C21H21ClN4O2/c1-4-28-17-8-6-16(7-9-17)24-21-23-14(3)12-19(26-21)20(27)25-18-10-5-15(22)11-13(18)2/h5-12H,4H2,1-3H3,(H,25,27)(H,23,24,26). The lowest BCUT2D eigenvalue weighted by molar-refractivity contribution is 0.102. The quantitative estimate of drug-likeness (QED) is 0.603. The van der Waals surface area contributed by atoms with Crippen LogP contribution in [0.4, 0.5) is 17.3 Å². The Kier molecular flexibility index (Phi) is 6.11. The second-order valence-electron chi connectivity index (χ2n) is 6.21. The summed E-state index contributed by atoms with van der Waals surface area (Å²) in [6.45, 7) is 6.24. The van der Waals surface area contributed by atoms with Crippen LogP contribution in [0.5, 0.6) is 5.75 Å². The molecule has 144 valence electrons. The molecule has 0 aliphatic rings. The van der Waals surface area contributed by atoms with Gasteiger partial charge in [-0.15, -0.1) is 0 Å². The van der Waals surface area contributed by atoms with E-state index < -0.39 is 0 Å². The van der Waals surface area contributed by atoms with E-state index in [2.05, 4.69) is 20.6 Å². The molecule has 28 heavy (non-hydrogen) atoms. The fourth-order valence-corrected chi connectivity index (χ4v) is 2.85. The second kappa shape index (κ2) is 8.71. The van der Waals surface area contributed by atoms with Gasteiger partial charge in [0.1, 0.15) is 11.4 Å². The van der Waals surface area contributed by atoms with Crippen LogP contribution in [0, 0.1) is 13.8 Å². The van der Waals surface area contributed by atoms with E-state index in [9.17, 15) is 4.79 Å². The molecule has 6 nitrogen and oxygen atoms in total. The number of carbonyl (C=O) groups is 1. The summed E-state index contributed by atoms with van der Waals surface area (Å²) in [4.78, 5) is 21.3. The number of aryl methyl sites for hydroxylation is 2. The van der Waals surface area contributed by atoms with Crippen molar-refractivity contribution in [1.29, 1.82) is 0 Å². The van der Waals surface area contributed by atoms with Crippen LogP contribution in [0.2, 0.25) is 5.02 Å². The summed E-state index contributed by atoms with van der Waals surface area (Å²) in [5.41, 5.74) is 3.32. The zero-order valence-electron chi connectivity index (χ0n) is 15.9. The number of carbonyl (C=O) groups excluding carboxylic acids is 1. The summed E-state index contributed by atoms with van der Waals surface area (Å²) in [6, 6.07) is 14.4. The average Bonchev–Trinajstić information content (AvgIpc) is 2.65. The summed E-state index contributed by atoms with van der Waals surface area (Å²) in [7, 11) is 0. The SMILES string of the molecule is CCOc1ccc(Nc2nc(C)cc(C(=O)Nc3ccc(Cl)cc3C)n2)cc1. The Morgan fingerprint density at radius 2 is 1.82 bits per heavy atom. The third-order valence-electron chi connectivity index (χ3n) is 3.94. The van der Waals surface area contributed by atoms with Crippen molar-refractivity contribution in [3.63, 3.8) is 0 Å². The number of benzene rings is 2. The van der Waals surface area contributed by atoms with Crippen molar-refractivity contribution in [2.45, 2.75) is 20.8 Å². The van der Waals surface area contributed by atoms with Gasteiger partial charge in [0.2, 0.25) is 5.95 Å². The Balaban J connectivity index is 1.77. The maximum atomic E-state index is 12.6. The van der Waals surface area contributed by atoms with Gasteiger partial charge in [0, 0.05) is 22.1 Å². The van der Waals surface area contributed by atoms with E-state index in [0.29, 0.717) is 29.0 Å². The van der Waals surface area contributed by atoms with E-state index in [1.165, 1.54) is 0 Å². The Labute approximate surface area is 168 Å². The van der Waals surface area contributed by atoms with Crippen molar-refractivity contribution < 1.29 is 9.53 Å². The second-order valence-corrected chi connectivity index (χ2v) is 6.65. The lowest BCUT2D eigenvalue weighted by Gasteiger charge is -2.11. The number of nitrogens with one attached hydrogen (secondary N) is 2. The third kappa shape index (κ3) is 4.98. The number of ether oxygens (including phenoxy) is 1. The normalized spacial score (nSPS) is 10.4. The highest BCUT2D eigenvalue weighted by atomic mass is 35.5. The zero-order chi connectivity index (χ0) is 20.1. The first-order chi connectivity index (χ1) is 13.4. The van der Waals surface area contributed by atoms with Gasteiger partial charge < -0.3 is 15.4 Å². The third-order valence-corrected chi connectivity index (χ3v) is 4.18. The van der Waals surface area contributed by atoms with Gasteiger partial charge in [-0.3, -0.25) is 4.79 Å². The molecule has 1 heterocycles. The minimum atomic E-state index is -0.314. The molecule has 1 amide bonds. The molecule has 3 rings (SSSR count). The molecule has 0 saturated carbocycles. The van der Waals surface area contributed by atoms with Crippen LogP contribution in [-0.2, 0) is 0 Å². The minimum absolute atomic E-state index is 0.273. The van der Waals surface area contributed by atoms with Crippen molar-refractivity contribution in [1.82, 2.24) is 9.97 Å². The zero-order valence-corrected chi connectivity index (χ0v) is 16.7. The molecule has 0 unspecified atom stereocenters. The first-order valence-corrected chi connectivity index (χ1v) is 9.25. The molecule has 0 bridgehead atoms. The average molecular weight is 397 g/mol. The van der Waals surface area contributed by atoms with E-state index in [0.717, 1.165) is 17.0 Å². The van der Waals surface area contributed by atoms with E-state index in [1.54, 1.807) is 24.3 Å². The predicted octanol–water partition coefficient (Wildman–Crippen LogP) is 5.14. The van der Waals surface area contributed by atoms with Crippen molar-refractivity contribution >= 4 is 34.8 Å². The largest absolute Gasteiger partial charge is 0.494 e. The van der Waals surface area contributed by atoms with Crippen molar-refractivity contribution in [2.24, 2.45) is 0 Å².